The van der Waals surface area contributed by atoms with Crippen LogP contribution in [-0.2, 0) is 14.4 Å². The van der Waals surface area contributed by atoms with E-state index in [2.05, 4.69) is 62.4 Å². The maximum Gasteiger partial charge on any atom is 0.157 e. The number of nitrogens with one attached hydrogen (secondary N) is 3. The average Bonchev–Trinajstić information content (AvgIpc) is 2.69. The number of allylic oxidation sites excluding steroid dienone is 6. The van der Waals surface area contributed by atoms with Gasteiger partial charge in [0.25, 0.3) is 0 Å². The number of carbonyl (C=O) groups excluding carboxylic acids is 3. The fourth-order valence-electron chi connectivity index (χ4n) is 5.84. The molecule has 3 N–H and O–H groups in total. The van der Waals surface area contributed by atoms with Gasteiger partial charge in [-0.05, 0) is 35.5 Å². The van der Waals surface area contributed by atoms with E-state index in [0.717, 1.165) is 75.6 Å². The average molecular weight is 513 g/mol. The van der Waals surface area contributed by atoms with Crippen LogP contribution in [0.15, 0.2) is 35.3 Å². The van der Waals surface area contributed by atoms with Gasteiger partial charge in [-0.15, -0.1) is 0 Å². The minimum atomic E-state index is -0.000441. The van der Waals surface area contributed by atoms with Crippen molar-refractivity contribution in [3.8, 4) is 0 Å². The lowest BCUT2D eigenvalue weighted by Crippen LogP contribution is -2.41. The van der Waals surface area contributed by atoms with Crippen LogP contribution in [0.3, 0.4) is 0 Å². The molecular weight excluding hydrogens is 464 g/mol. The summed E-state index contributed by atoms with van der Waals surface area (Å²) in [5, 5.41) is 10.5. The molecule has 7 heteroatoms. The summed E-state index contributed by atoms with van der Waals surface area (Å²) in [5.74, 6) is 0.585. The van der Waals surface area contributed by atoms with Crippen molar-refractivity contribution in [3.63, 3.8) is 0 Å². The molecule has 0 aromatic heterocycles. The van der Waals surface area contributed by atoms with Gasteiger partial charge in [-0.25, -0.2) is 0 Å². The van der Waals surface area contributed by atoms with Crippen molar-refractivity contribution in [1.82, 2.24) is 20.9 Å². The van der Waals surface area contributed by atoms with Crippen molar-refractivity contribution in [2.24, 2.45) is 16.2 Å². The number of ketones is 3. The first-order chi connectivity index (χ1) is 17.2. The summed E-state index contributed by atoms with van der Waals surface area (Å²) in [4.78, 5) is 38.7. The third-order valence-electron chi connectivity index (χ3n) is 7.31. The molecular formula is C30H48N4O3. The molecule has 0 unspecified atom stereocenters. The van der Waals surface area contributed by atoms with Gasteiger partial charge in [0.05, 0.1) is 0 Å². The molecule has 3 aliphatic rings. The second kappa shape index (κ2) is 12.0. The topological polar surface area (TPSA) is 90.5 Å². The van der Waals surface area contributed by atoms with Crippen LogP contribution < -0.4 is 16.0 Å². The Bertz CT molecular complexity index is 848. The van der Waals surface area contributed by atoms with Gasteiger partial charge in [-0.1, -0.05) is 41.5 Å². The molecule has 206 valence electrons. The summed E-state index contributed by atoms with van der Waals surface area (Å²) in [6.07, 6.45) is 9.77. The summed E-state index contributed by atoms with van der Waals surface area (Å²) in [7, 11) is 0. The lowest BCUT2D eigenvalue weighted by atomic mass is 9.79. The van der Waals surface area contributed by atoms with E-state index in [-0.39, 0.29) is 33.6 Å². The summed E-state index contributed by atoms with van der Waals surface area (Å²) in [5.41, 5.74) is 3.08. The number of hydrogen-bond donors (Lipinski definition) is 3. The number of hydrogen-bond acceptors (Lipinski definition) is 7. The highest BCUT2D eigenvalue weighted by molar-refractivity contribution is 5.92. The molecule has 7 nitrogen and oxygen atoms in total. The molecule has 0 spiro atoms. The fourth-order valence-corrected chi connectivity index (χ4v) is 5.84. The van der Waals surface area contributed by atoms with Gasteiger partial charge < -0.3 is 16.0 Å². The molecule has 0 fully saturated rings. The largest absolute Gasteiger partial charge is 0.387 e. The Balaban J connectivity index is 1.53. The zero-order chi connectivity index (χ0) is 27.3. The molecule has 0 bridgehead atoms. The molecule has 3 aliphatic carbocycles. The van der Waals surface area contributed by atoms with Gasteiger partial charge in [0.2, 0.25) is 0 Å². The number of carbonyl (C=O) groups is 3. The zero-order valence-corrected chi connectivity index (χ0v) is 23.9. The minimum Gasteiger partial charge on any atom is -0.387 e. The van der Waals surface area contributed by atoms with Gasteiger partial charge in [0.15, 0.2) is 17.3 Å². The van der Waals surface area contributed by atoms with Crippen LogP contribution in [0.1, 0.15) is 80.1 Å². The van der Waals surface area contributed by atoms with Crippen molar-refractivity contribution >= 4 is 17.3 Å². The fraction of sp³-hybridized carbons (Fsp3) is 0.700. The molecule has 0 amide bonds. The lowest BCUT2D eigenvalue weighted by Gasteiger charge is -2.31. The van der Waals surface area contributed by atoms with E-state index in [1.807, 2.05) is 0 Å². The van der Waals surface area contributed by atoms with Crippen molar-refractivity contribution in [2.75, 3.05) is 39.3 Å². The van der Waals surface area contributed by atoms with Crippen LogP contribution in [0.4, 0.5) is 0 Å². The van der Waals surface area contributed by atoms with E-state index in [4.69, 9.17) is 0 Å². The Morgan fingerprint density at radius 1 is 0.541 bits per heavy atom. The highest BCUT2D eigenvalue weighted by Crippen LogP contribution is 2.34. The van der Waals surface area contributed by atoms with E-state index >= 15 is 0 Å². The van der Waals surface area contributed by atoms with Gasteiger partial charge in [-0.3, -0.25) is 19.3 Å². The Morgan fingerprint density at radius 2 is 0.811 bits per heavy atom. The molecule has 0 aliphatic heterocycles. The van der Waals surface area contributed by atoms with Gasteiger partial charge >= 0.3 is 0 Å². The Hall–Kier alpha value is -2.41. The van der Waals surface area contributed by atoms with E-state index in [0.29, 0.717) is 19.3 Å². The van der Waals surface area contributed by atoms with Crippen LogP contribution in [0.5, 0.6) is 0 Å². The third-order valence-corrected chi connectivity index (χ3v) is 7.31. The SMILES string of the molecule is CC1(C)CC(=O)C=C(NCCN(CCNC2=CC(=O)CC(C)(C)C2)CCNC2=CC(=O)CC(C)(C)C2)C1. The summed E-state index contributed by atoms with van der Waals surface area (Å²) >= 11 is 0. The predicted octanol–water partition coefficient (Wildman–Crippen LogP) is 3.88. The van der Waals surface area contributed by atoms with Gasteiger partial charge in [-0.2, -0.15) is 0 Å². The zero-order valence-electron chi connectivity index (χ0n) is 23.9. The summed E-state index contributed by atoms with van der Waals surface area (Å²) in [6, 6.07) is 0. The van der Waals surface area contributed by atoms with Crippen molar-refractivity contribution in [3.05, 3.63) is 35.3 Å². The molecule has 3 rings (SSSR count). The maximum absolute atomic E-state index is 12.1. The molecule has 0 saturated carbocycles. The third kappa shape index (κ3) is 10.1. The predicted molar refractivity (Wildman–Crippen MR) is 149 cm³/mol. The molecule has 0 aromatic carbocycles. The Morgan fingerprint density at radius 3 is 1.05 bits per heavy atom. The van der Waals surface area contributed by atoms with Crippen molar-refractivity contribution in [2.45, 2.75) is 80.1 Å². The highest BCUT2D eigenvalue weighted by Gasteiger charge is 2.29. The first-order valence-corrected chi connectivity index (χ1v) is 13.8. The molecule has 0 radical (unpaired) electrons. The van der Waals surface area contributed by atoms with Crippen molar-refractivity contribution in [1.29, 1.82) is 0 Å². The molecule has 0 atom stereocenters. The Kier molecular flexibility index (Phi) is 9.43. The van der Waals surface area contributed by atoms with Gasteiger partial charge in [0, 0.05) is 93.9 Å². The number of rotatable bonds is 12. The van der Waals surface area contributed by atoms with E-state index in [1.165, 1.54) is 0 Å². The second-order valence-electron chi connectivity index (χ2n) is 13.6. The molecule has 0 saturated heterocycles. The maximum atomic E-state index is 12.1. The number of nitrogens with zero attached hydrogens (tertiary/aromatic N) is 1. The smallest absolute Gasteiger partial charge is 0.157 e. The molecule has 37 heavy (non-hydrogen) atoms. The highest BCUT2D eigenvalue weighted by atomic mass is 16.1. The van der Waals surface area contributed by atoms with E-state index < -0.39 is 0 Å². The standard InChI is InChI=1S/C30H48N4O3/c1-28(2)16-22(13-25(35)19-28)31-7-10-34(11-8-32-23-14-26(36)20-29(3,4)17-23)12-9-33-24-15-27(37)21-30(5,6)18-24/h13-15,31-33H,7-12,16-21H2,1-6H3. The first-order valence-electron chi connectivity index (χ1n) is 13.8. The molecule has 0 aromatic rings. The lowest BCUT2D eigenvalue weighted by molar-refractivity contribution is -0.117. The molecule has 0 heterocycles. The monoisotopic (exact) mass is 512 g/mol. The first kappa shape index (κ1) is 29.2. The van der Waals surface area contributed by atoms with Crippen LogP contribution in [0, 0.1) is 16.2 Å². The van der Waals surface area contributed by atoms with Crippen molar-refractivity contribution < 1.29 is 14.4 Å². The van der Waals surface area contributed by atoms with E-state index in [1.54, 1.807) is 18.2 Å². The Labute approximate surface area is 223 Å². The summed E-state index contributed by atoms with van der Waals surface area (Å²) < 4.78 is 0. The van der Waals surface area contributed by atoms with E-state index in [9.17, 15) is 14.4 Å². The summed E-state index contributed by atoms with van der Waals surface area (Å²) in [6.45, 7) is 17.6. The van der Waals surface area contributed by atoms with Crippen LogP contribution in [-0.4, -0.2) is 61.5 Å². The van der Waals surface area contributed by atoms with Crippen LogP contribution in [0.2, 0.25) is 0 Å². The quantitative estimate of drug-likeness (QED) is 0.366. The second-order valence-corrected chi connectivity index (χ2v) is 13.6. The van der Waals surface area contributed by atoms with Crippen LogP contribution in [0.25, 0.3) is 0 Å². The van der Waals surface area contributed by atoms with Crippen LogP contribution >= 0.6 is 0 Å². The normalized spacial score (nSPS) is 22.8. The van der Waals surface area contributed by atoms with Gasteiger partial charge in [0.1, 0.15) is 0 Å². The minimum absolute atomic E-state index is 0.000441.